The first-order valence-corrected chi connectivity index (χ1v) is 8.82. The average molecular weight is 307 g/mol. The molecule has 3 rings (SSSR count). The zero-order valence-corrected chi connectivity index (χ0v) is 12.7. The Hall–Kier alpha value is -1.66. The number of anilines is 1. The van der Waals surface area contributed by atoms with Crippen molar-refractivity contribution in [2.45, 2.75) is 25.4 Å². The van der Waals surface area contributed by atoms with Crippen LogP contribution in [0.2, 0.25) is 0 Å². The molecule has 0 radical (unpaired) electrons. The Morgan fingerprint density at radius 2 is 2.14 bits per heavy atom. The number of amides is 1. The molecule has 21 heavy (non-hydrogen) atoms. The van der Waals surface area contributed by atoms with Crippen molar-refractivity contribution in [3.63, 3.8) is 0 Å². The highest BCUT2D eigenvalue weighted by Crippen LogP contribution is 2.31. The van der Waals surface area contributed by atoms with E-state index in [1.54, 1.807) is 11.4 Å². The van der Waals surface area contributed by atoms with Gasteiger partial charge in [0, 0.05) is 17.1 Å². The van der Waals surface area contributed by atoms with Crippen molar-refractivity contribution in [2.24, 2.45) is 0 Å². The number of para-hydroxylation sites is 1. The molecular formula is C15H19N2O3S+. The van der Waals surface area contributed by atoms with Gasteiger partial charge in [0.05, 0.1) is 0 Å². The molecule has 1 aromatic carbocycles. The molecule has 0 aliphatic carbocycles. The van der Waals surface area contributed by atoms with Gasteiger partial charge in [-0.3, -0.25) is 4.79 Å². The highest BCUT2D eigenvalue weighted by Gasteiger charge is 2.32. The van der Waals surface area contributed by atoms with Crippen LogP contribution in [0.5, 0.6) is 0 Å². The van der Waals surface area contributed by atoms with Crippen LogP contribution in [-0.4, -0.2) is 38.7 Å². The topological polar surface area (TPSA) is 71.1 Å². The third-order valence-corrected chi connectivity index (χ3v) is 5.45. The van der Waals surface area contributed by atoms with Gasteiger partial charge in [0.15, 0.2) is 16.4 Å². The maximum absolute atomic E-state index is 12.5. The van der Waals surface area contributed by atoms with Gasteiger partial charge in [-0.25, -0.2) is 8.42 Å². The second-order valence-electron chi connectivity index (χ2n) is 5.71. The molecule has 0 fully saturated rings. The number of benzene rings is 1. The van der Waals surface area contributed by atoms with Crippen LogP contribution in [0.3, 0.4) is 0 Å². The molecule has 0 saturated heterocycles. The second kappa shape index (κ2) is 5.27. The zero-order valence-electron chi connectivity index (χ0n) is 11.9. The van der Waals surface area contributed by atoms with Gasteiger partial charge in [-0.05, 0) is 31.1 Å². The summed E-state index contributed by atoms with van der Waals surface area (Å²) in [6.45, 7) is 2.31. The summed E-state index contributed by atoms with van der Waals surface area (Å²) in [4.78, 5) is 14.3. The monoisotopic (exact) mass is 307 g/mol. The smallest absolute Gasteiger partial charge is 0.282 e. The molecule has 112 valence electrons. The summed E-state index contributed by atoms with van der Waals surface area (Å²) in [6, 6.07) is 7.96. The maximum Gasteiger partial charge on any atom is 0.282 e. The van der Waals surface area contributed by atoms with Crippen molar-refractivity contribution in [3.8, 4) is 0 Å². The van der Waals surface area contributed by atoms with Gasteiger partial charge in [0.1, 0.15) is 11.8 Å². The predicted octanol–water partition coefficient (Wildman–Crippen LogP) is -0.162. The fourth-order valence-electron chi connectivity index (χ4n) is 3.04. The molecule has 0 aromatic heterocycles. The lowest BCUT2D eigenvalue weighted by Gasteiger charge is -2.22. The van der Waals surface area contributed by atoms with E-state index < -0.39 is 9.84 Å². The highest BCUT2D eigenvalue weighted by atomic mass is 32.2. The molecule has 1 aromatic rings. The Balaban J connectivity index is 1.65. The number of sulfone groups is 1. The molecule has 2 N–H and O–H groups in total. The predicted molar refractivity (Wildman–Crippen MR) is 80.6 cm³/mol. The van der Waals surface area contributed by atoms with Crippen LogP contribution < -0.4 is 10.2 Å². The molecule has 0 saturated carbocycles. The fraction of sp³-hybridized carbons (Fsp3) is 0.400. The van der Waals surface area contributed by atoms with E-state index in [1.165, 1.54) is 11.0 Å². The minimum atomic E-state index is -3.06. The molecule has 5 nitrogen and oxygen atoms in total. The van der Waals surface area contributed by atoms with Gasteiger partial charge < -0.3 is 10.2 Å². The number of quaternary nitrogens is 1. The van der Waals surface area contributed by atoms with Crippen LogP contribution in [0, 0.1) is 0 Å². The van der Waals surface area contributed by atoms with E-state index in [-0.39, 0.29) is 30.3 Å². The van der Waals surface area contributed by atoms with Crippen molar-refractivity contribution in [1.82, 2.24) is 0 Å². The normalized spacial score (nSPS) is 26.0. The van der Waals surface area contributed by atoms with Crippen molar-refractivity contribution >= 4 is 21.4 Å². The van der Waals surface area contributed by atoms with Crippen LogP contribution >= 0.6 is 0 Å². The van der Waals surface area contributed by atoms with Crippen LogP contribution in [0.25, 0.3) is 0 Å². The lowest BCUT2D eigenvalue weighted by Crippen LogP contribution is -2.92. The average Bonchev–Trinajstić information content (AvgIpc) is 2.94. The molecule has 2 heterocycles. The molecule has 6 heteroatoms. The van der Waals surface area contributed by atoms with Gasteiger partial charge >= 0.3 is 0 Å². The summed E-state index contributed by atoms with van der Waals surface area (Å²) < 4.78 is 22.7. The summed E-state index contributed by atoms with van der Waals surface area (Å²) in [7, 11) is -3.06. The first-order chi connectivity index (χ1) is 9.96. The van der Waals surface area contributed by atoms with Crippen molar-refractivity contribution in [2.75, 3.05) is 17.2 Å². The summed E-state index contributed by atoms with van der Waals surface area (Å²) in [5, 5.41) is 3.05. The minimum absolute atomic E-state index is 0.0325. The maximum atomic E-state index is 12.5. The van der Waals surface area contributed by atoms with Crippen LogP contribution in [-0.2, 0) is 21.1 Å². The number of carbonyl (C=O) groups is 1. The van der Waals surface area contributed by atoms with Crippen LogP contribution in [0.4, 0.5) is 5.69 Å². The summed E-state index contributed by atoms with van der Waals surface area (Å²) >= 11 is 0. The third-order valence-electron chi connectivity index (χ3n) is 4.03. The lowest BCUT2D eigenvalue weighted by atomic mass is 10.1. The number of carbonyl (C=O) groups excluding carboxylic acids is 1. The number of fused-ring (bicyclic) bond motifs is 1. The summed E-state index contributed by atoms with van der Waals surface area (Å²) in [5.74, 6) is 0.122. The van der Waals surface area contributed by atoms with Crippen LogP contribution in [0.1, 0.15) is 12.5 Å². The molecule has 2 aliphatic heterocycles. The molecule has 2 aliphatic rings. The number of nitrogens with two attached hydrogens (primary N) is 1. The van der Waals surface area contributed by atoms with Crippen molar-refractivity contribution in [3.05, 3.63) is 41.3 Å². The summed E-state index contributed by atoms with van der Waals surface area (Å²) in [6.07, 6.45) is 2.53. The Morgan fingerprint density at radius 1 is 1.38 bits per heavy atom. The number of rotatable bonds is 3. The number of nitrogens with zero attached hydrogens (tertiary/aromatic N) is 1. The quantitative estimate of drug-likeness (QED) is 0.843. The van der Waals surface area contributed by atoms with E-state index in [0.717, 1.165) is 12.1 Å². The van der Waals surface area contributed by atoms with E-state index in [9.17, 15) is 13.2 Å². The first kappa shape index (κ1) is 14.3. The van der Waals surface area contributed by atoms with E-state index in [2.05, 4.69) is 6.07 Å². The first-order valence-electron chi connectivity index (χ1n) is 7.10. The summed E-state index contributed by atoms with van der Waals surface area (Å²) in [5.41, 5.74) is 2.18. The van der Waals surface area contributed by atoms with Crippen LogP contribution in [0.15, 0.2) is 35.7 Å². The molecule has 2 atom stereocenters. The lowest BCUT2D eigenvalue weighted by molar-refractivity contribution is -0.664. The minimum Gasteiger partial charge on any atom is -0.332 e. The van der Waals surface area contributed by atoms with E-state index in [0.29, 0.717) is 0 Å². The van der Waals surface area contributed by atoms with Crippen molar-refractivity contribution < 1.29 is 18.5 Å². The van der Waals surface area contributed by atoms with E-state index in [4.69, 9.17) is 0 Å². The van der Waals surface area contributed by atoms with E-state index >= 15 is 0 Å². The molecule has 0 unspecified atom stereocenters. The van der Waals surface area contributed by atoms with Gasteiger partial charge in [-0.2, -0.15) is 0 Å². The van der Waals surface area contributed by atoms with Gasteiger partial charge in [0.2, 0.25) is 0 Å². The van der Waals surface area contributed by atoms with E-state index in [1.807, 2.05) is 30.0 Å². The van der Waals surface area contributed by atoms with Gasteiger partial charge in [0.25, 0.3) is 5.91 Å². The molecular weight excluding hydrogens is 288 g/mol. The SMILES string of the molecule is C[C@@H]1Cc2ccccc2N1C(=O)C[NH2+][C@@H]1C=CS(=O)(=O)C1. The standard InChI is InChI=1S/C15H18N2O3S/c1-11-8-12-4-2-3-5-14(12)17(11)15(18)9-16-13-6-7-21(19,20)10-13/h2-7,11,13,16H,8-10H2,1H3/p+1/t11-,13-/m1/s1. The van der Waals surface area contributed by atoms with Gasteiger partial charge in [-0.1, -0.05) is 18.2 Å². The Kier molecular flexibility index (Phi) is 3.59. The Labute approximate surface area is 124 Å². The van der Waals surface area contributed by atoms with Gasteiger partial charge in [-0.15, -0.1) is 0 Å². The molecule has 0 spiro atoms. The van der Waals surface area contributed by atoms with Crippen molar-refractivity contribution in [1.29, 1.82) is 0 Å². The Bertz CT molecular complexity index is 697. The largest absolute Gasteiger partial charge is 0.332 e. The number of hydrogen-bond acceptors (Lipinski definition) is 3. The Morgan fingerprint density at radius 3 is 2.86 bits per heavy atom. The second-order valence-corrected chi connectivity index (χ2v) is 7.64. The fourth-order valence-corrected chi connectivity index (χ4v) is 4.38. The zero-order chi connectivity index (χ0) is 15.0. The number of hydrogen-bond donors (Lipinski definition) is 1. The molecule has 1 amide bonds. The highest BCUT2D eigenvalue weighted by molar-refractivity contribution is 7.94. The molecule has 0 bridgehead atoms. The third kappa shape index (κ3) is 2.87.